The Hall–Kier alpha value is -0.0800. The van der Waals surface area contributed by atoms with Crippen LogP contribution in [-0.4, -0.2) is 25.9 Å². The van der Waals surface area contributed by atoms with Gasteiger partial charge in [0.15, 0.2) is 0 Å². The van der Waals surface area contributed by atoms with Crippen molar-refractivity contribution in [1.82, 2.24) is 0 Å². The van der Waals surface area contributed by atoms with E-state index < -0.39 is 0 Å². The van der Waals surface area contributed by atoms with Crippen LogP contribution in [-0.2, 0) is 9.47 Å². The van der Waals surface area contributed by atoms with Crippen LogP contribution >= 0.6 is 0 Å². The lowest BCUT2D eigenvalue weighted by Gasteiger charge is -2.61. The third kappa shape index (κ3) is 0.619. The fraction of sp³-hybridized carbons (Fsp3) is 1.00. The van der Waals surface area contributed by atoms with E-state index >= 15 is 0 Å². The minimum atomic E-state index is 0.0694. The highest BCUT2D eigenvalue weighted by Gasteiger charge is 2.86. The molecule has 2 heteroatoms. The molecule has 80 valence electrons. The van der Waals surface area contributed by atoms with Crippen LogP contribution in [0.3, 0.4) is 0 Å². The Morgan fingerprint density at radius 2 is 1.93 bits per heavy atom. The lowest BCUT2D eigenvalue weighted by atomic mass is 9.46. The third-order valence-electron chi connectivity index (χ3n) is 5.77. The first-order valence-electron chi connectivity index (χ1n) is 5.62. The van der Waals surface area contributed by atoms with Gasteiger partial charge in [-0.25, -0.2) is 0 Å². The Balaban J connectivity index is 1.98. The summed E-state index contributed by atoms with van der Waals surface area (Å²) < 4.78 is 11.4. The summed E-state index contributed by atoms with van der Waals surface area (Å²) in [7, 11) is 3.69. The zero-order chi connectivity index (χ0) is 10.2. The van der Waals surface area contributed by atoms with Crippen LogP contribution in [0.4, 0.5) is 0 Å². The molecule has 0 aromatic heterocycles. The predicted molar refractivity (Wildman–Crippen MR) is 54.1 cm³/mol. The SMILES string of the molecule is CO[C@@H]1C[C@@H]2C[C@@]3(C[C@@]13OC)C2(C)C. The van der Waals surface area contributed by atoms with Crippen molar-refractivity contribution in [3.8, 4) is 0 Å². The first-order chi connectivity index (χ1) is 6.54. The van der Waals surface area contributed by atoms with Gasteiger partial charge in [0.25, 0.3) is 0 Å². The zero-order valence-electron chi connectivity index (χ0n) is 9.59. The summed E-state index contributed by atoms with van der Waals surface area (Å²) >= 11 is 0. The Bertz CT molecular complexity index is 286. The molecule has 14 heavy (non-hydrogen) atoms. The van der Waals surface area contributed by atoms with Gasteiger partial charge >= 0.3 is 0 Å². The molecule has 4 atom stereocenters. The molecule has 0 unspecified atom stereocenters. The quantitative estimate of drug-likeness (QED) is 0.674. The van der Waals surface area contributed by atoms with Crippen molar-refractivity contribution in [3.05, 3.63) is 0 Å². The zero-order valence-corrected chi connectivity index (χ0v) is 9.59. The maximum atomic E-state index is 5.81. The summed E-state index contributed by atoms with van der Waals surface area (Å²) in [6.07, 6.45) is 4.13. The maximum Gasteiger partial charge on any atom is 0.101 e. The standard InChI is InChI=1S/C12H20O2/c1-10(2)8-5-9(13-3)12(14-4)7-11(10,12)6-8/h8-9H,5-7H2,1-4H3/t8-,9-,11-,12-/m1/s1. The molecule has 2 nitrogen and oxygen atoms in total. The molecule has 4 saturated carbocycles. The number of methoxy groups -OCH3 is 2. The molecule has 0 saturated heterocycles. The van der Waals surface area contributed by atoms with Gasteiger partial charge in [-0.15, -0.1) is 0 Å². The summed E-state index contributed by atoms with van der Waals surface area (Å²) in [6.45, 7) is 4.82. The smallest absolute Gasteiger partial charge is 0.101 e. The highest BCUT2D eigenvalue weighted by molar-refractivity contribution is 5.35. The number of rotatable bonds is 2. The molecule has 4 aliphatic rings. The fourth-order valence-electron chi connectivity index (χ4n) is 4.56. The molecule has 0 aromatic carbocycles. The Morgan fingerprint density at radius 3 is 2.43 bits per heavy atom. The van der Waals surface area contributed by atoms with Crippen LogP contribution in [0.1, 0.15) is 33.1 Å². The fourth-order valence-corrected chi connectivity index (χ4v) is 4.56. The molecule has 0 heterocycles. The van der Waals surface area contributed by atoms with Crippen LogP contribution < -0.4 is 0 Å². The molecule has 4 fully saturated rings. The van der Waals surface area contributed by atoms with Crippen molar-refractivity contribution >= 4 is 0 Å². The van der Waals surface area contributed by atoms with E-state index in [1.165, 1.54) is 19.3 Å². The highest BCUT2D eigenvalue weighted by atomic mass is 16.5. The van der Waals surface area contributed by atoms with E-state index in [1.807, 2.05) is 14.2 Å². The average molecular weight is 196 g/mol. The maximum absolute atomic E-state index is 5.81. The second-order valence-corrected chi connectivity index (χ2v) is 5.94. The van der Waals surface area contributed by atoms with Gasteiger partial charge in [-0.3, -0.25) is 0 Å². The molecule has 0 amide bonds. The number of hydrogen-bond donors (Lipinski definition) is 0. The second kappa shape index (κ2) is 2.19. The van der Waals surface area contributed by atoms with Crippen molar-refractivity contribution in [2.75, 3.05) is 14.2 Å². The summed E-state index contributed by atoms with van der Waals surface area (Å²) in [5, 5.41) is 0. The van der Waals surface area contributed by atoms with Gasteiger partial charge in [-0.1, -0.05) is 13.8 Å². The Labute approximate surface area is 86.0 Å². The topological polar surface area (TPSA) is 18.5 Å². The van der Waals surface area contributed by atoms with Gasteiger partial charge < -0.3 is 9.47 Å². The van der Waals surface area contributed by atoms with Crippen LogP contribution in [0.2, 0.25) is 0 Å². The molecule has 4 rings (SSSR count). The molecular weight excluding hydrogens is 176 g/mol. The Kier molecular flexibility index (Phi) is 1.44. The van der Waals surface area contributed by atoms with Crippen LogP contribution in [0.25, 0.3) is 0 Å². The summed E-state index contributed by atoms with van der Waals surface area (Å²) in [4.78, 5) is 0. The van der Waals surface area contributed by atoms with Crippen molar-refractivity contribution in [1.29, 1.82) is 0 Å². The molecule has 0 radical (unpaired) electrons. The van der Waals surface area contributed by atoms with Crippen LogP contribution in [0.15, 0.2) is 0 Å². The van der Waals surface area contributed by atoms with E-state index in [2.05, 4.69) is 13.8 Å². The molecular formula is C12H20O2. The van der Waals surface area contributed by atoms with Gasteiger partial charge in [-0.2, -0.15) is 0 Å². The number of ether oxygens (including phenoxy) is 2. The van der Waals surface area contributed by atoms with Crippen molar-refractivity contribution in [2.45, 2.75) is 44.8 Å². The normalized spacial score (nSPS) is 57.4. The average Bonchev–Trinajstić information content (AvgIpc) is 2.89. The molecule has 0 aromatic rings. The molecule has 1 spiro atoms. The third-order valence-corrected chi connectivity index (χ3v) is 5.77. The van der Waals surface area contributed by atoms with E-state index in [0.717, 1.165) is 5.92 Å². The minimum Gasteiger partial charge on any atom is -0.378 e. The van der Waals surface area contributed by atoms with Gasteiger partial charge in [0, 0.05) is 19.6 Å². The lowest BCUT2D eigenvalue weighted by molar-refractivity contribution is -0.209. The molecule has 0 aliphatic heterocycles. The summed E-state index contributed by atoms with van der Waals surface area (Å²) in [5.74, 6) is 0.859. The van der Waals surface area contributed by atoms with Gasteiger partial charge in [0.05, 0.1) is 6.10 Å². The molecule has 2 bridgehead atoms. The lowest BCUT2D eigenvalue weighted by Crippen LogP contribution is -2.61. The predicted octanol–water partition coefficient (Wildman–Crippen LogP) is 2.23. The van der Waals surface area contributed by atoms with Gasteiger partial charge in [-0.05, 0) is 30.6 Å². The minimum absolute atomic E-state index is 0.0694. The first-order valence-corrected chi connectivity index (χ1v) is 5.62. The van der Waals surface area contributed by atoms with Crippen molar-refractivity contribution in [3.63, 3.8) is 0 Å². The van der Waals surface area contributed by atoms with E-state index in [4.69, 9.17) is 9.47 Å². The van der Waals surface area contributed by atoms with Gasteiger partial charge in [0.1, 0.15) is 5.60 Å². The highest BCUT2D eigenvalue weighted by Crippen LogP contribution is 2.85. The van der Waals surface area contributed by atoms with Crippen molar-refractivity contribution < 1.29 is 9.47 Å². The number of fused-ring (bicyclic) bond motifs is 1. The Morgan fingerprint density at radius 1 is 1.21 bits per heavy atom. The monoisotopic (exact) mass is 196 g/mol. The molecule has 4 aliphatic carbocycles. The van der Waals surface area contributed by atoms with Gasteiger partial charge in [0.2, 0.25) is 0 Å². The van der Waals surface area contributed by atoms with E-state index in [1.54, 1.807) is 0 Å². The largest absolute Gasteiger partial charge is 0.378 e. The summed E-state index contributed by atoms with van der Waals surface area (Å²) in [6, 6.07) is 0. The van der Waals surface area contributed by atoms with E-state index in [-0.39, 0.29) is 5.60 Å². The van der Waals surface area contributed by atoms with Crippen LogP contribution in [0.5, 0.6) is 0 Å². The number of hydrogen-bond acceptors (Lipinski definition) is 2. The first kappa shape index (κ1) is 9.17. The summed E-state index contributed by atoms with van der Waals surface area (Å²) in [5.41, 5.74) is 1.01. The van der Waals surface area contributed by atoms with Crippen molar-refractivity contribution in [2.24, 2.45) is 16.7 Å². The van der Waals surface area contributed by atoms with E-state index in [0.29, 0.717) is 16.9 Å². The second-order valence-electron chi connectivity index (χ2n) is 5.94. The van der Waals surface area contributed by atoms with Crippen LogP contribution in [0, 0.1) is 16.7 Å². The molecule has 0 N–H and O–H groups in total. The van der Waals surface area contributed by atoms with E-state index in [9.17, 15) is 0 Å².